The molecule has 0 aromatic heterocycles. The second kappa shape index (κ2) is 6.90. The number of amides is 2. The Morgan fingerprint density at radius 3 is 2.42 bits per heavy atom. The van der Waals surface area contributed by atoms with Gasteiger partial charge in [0.1, 0.15) is 11.4 Å². The number of benzene rings is 2. The molecule has 0 radical (unpaired) electrons. The second-order valence-corrected chi connectivity index (χ2v) is 7.11. The normalized spacial score (nSPS) is 22.5. The Morgan fingerprint density at radius 1 is 1.19 bits per heavy atom. The summed E-state index contributed by atoms with van der Waals surface area (Å²) in [7, 11) is 1.75. The Morgan fingerprint density at radius 2 is 1.81 bits per heavy atom. The summed E-state index contributed by atoms with van der Waals surface area (Å²) in [6.07, 6.45) is 0.290. The van der Waals surface area contributed by atoms with Gasteiger partial charge in [-0.25, -0.2) is 4.39 Å². The highest BCUT2D eigenvalue weighted by atomic mass is 19.1. The maximum Gasteiger partial charge on any atom is 0.248 e. The number of carbonyl (C=O) groups is 2. The fourth-order valence-corrected chi connectivity index (χ4v) is 3.66. The quantitative estimate of drug-likeness (QED) is 0.841. The van der Waals surface area contributed by atoms with Crippen LogP contribution >= 0.6 is 0 Å². The zero-order chi connectivity index (χ0) is 18.9. The molecule has 0 aliphatic carbocycles. The van der Waals surface area contributed by atoms with Crippen LogP contribution in [0.15, 0.2) is 54.6 Å². The highest BCUT2D eigenvalue weighted by Gasteiger charge is 2.54. The molecular weight excluding hydrogens is 331 g/mol. The molecule has 2 atom stereocenters. The highest BCUT2D eigenvalue weighted by Crippen LogP contribution is 2.40. The smallest absolute Gasteiger partial charge is 0.248 e. The van der Waals surface area contributed by atoms with Crippen molar-refractivity contribution in [1.82, 2.24) is 4.90 Å². The van der Waals surface area contributed by atoms with Crippen LogP contribution in [0.3, 0.4) is 0 Å². The summed E-state index contributed by atoms with van der Waals surface area (Å²) in [5.41, 5.74) is 0.570. The van der Waals surface area contributed by atoms with E-state index >= 15 is 0 Å². The van der Waals surface area contributed by atoms with Crippen LogP contribution in [0.4, 0.5) is 10.1 Å². The molecule has 1 aliphatic heterocycles. The average Bonchev–Trinajstić information content (AvgIpc) is 2.86. The number of hydrogen-bond acceptors (Lipinski definition) is 2. The van der Waals surface area contributed by atoms with Crippen LogP contribution in [0.25, 0.3) is 0 Å². The molecule has 2 aromatic carbocycles. The molecule has 0 bridgehead atoms. The molecule has 0 saturated carbocycles. The Labute approximate surface area is 153 Å². The van der Waals surface area contributed by atoms with E-state index in [-0.39, 0.29) is 23.5 Å². The predicted octanol–water partition coefficient (Wildman–Crippen LogP) is 3.62. The highest BCUT2D eigenvalue weighted by molar-refractivity contribution is 6.07. The van der Waals surface area contributed by atoms with E-state index < -0.39 is 5.54 Å². The molecule has 1 saturated heterocycles. The van der Waals surface area contributed by atoms with Crippen molar-refractivity contribution in [2.75, 3.05) is 11.9 Å². The summed E-state index contributed by atoms with van der Waals surface area (Å²) < 4.78 is 13.3. The van der Waals surface area contributed by atoms with E-state index in [9.17, 15) is 14.0 Å². The number of rotatable bonds is 4. The standard InChI is InChI=1S/C21H23FN2O2/c1-15-13-19(25)24(18-11-9-17(22)10-12-18)21(15,2)20(26)23(3)14-16-7-5-4-6-8-16/h4-12,15H,13-14H2,1-3H3. The number of anilines is 1. The first kappa shape index (κ1) is 18.1. The molecule has 2 unspecified atom stereocenters. The Balaban J connectivity index is 1.92. The van der Waals surface area contributed by atoms with Crippen LogP contribution in [-0.2, 0) is 16.1 Å². The summed E-state index contributed by atoms with van der Waals surface area (Å²) in [5.74, 6) is -0.759. The van der Waals surface area contributed by atoms with E-state index in [4.69, 9.17) is 0 Å². The van der Waals surface area contributed by atoms with Crippen molar-refractivity contribution in [3.8, 4) is 0 Å². The van der Waals surface area contributed by atoms with E-state index in [1.807, 2.05) is 37.3 Å². The van der Waals surface area contributed by atoms with Gasteiger partial charge in [-0.2, -0.15) is 0 Å². The first-order valence-corrected chi connectivity index (χ1v) is 8.72. The molecule has 26 heavy (non-hydrogen) atoms. The number of likely N-dealkylation sites (N-methyl/N-ethyl adjacent to an activating group) is 1. The molecule has 1 heterocycles. The van der Waals surface area contributed by atoms with E-state index in [1.165, 1.54) is 17.0 Å². The van der Waals surface area contributed by atoms with Crippen molar-refractivity contribution < 1.29 is 14.0 Å². The fraction of sp³-hybridized carbons (Fsp3) is 0.333. The Hall–Kier alpha value is -2.69. The molecule has 0 N–H and O–H groups in total. The minimum atomic E-state index is -1.00. The predicted molar refractivity (Wildman–Crippen MR) is 99.0 cm³/mol. The summed E-state index contributed by atoms with van der Waals surface area (Å²) in [6, 6.07) is 15.4. The summed E-state index contributed by atoms with van der Waals surface area (Å²) in [4.78, 5) is 29.2. The molecule has 4 nitrogen and oxygen atoms in total. The number of hydrogen-bond donors (Lipinski definition) is 0. The van der Waals surface area contributed by atoms with Crippen LogP contribution in [0.5, 0.6) is 0 Å². The SMILES string of the molecule is CC1CC(=O)N(c2ccc(F)cc2)C1(C)C(=O)N(C)Cc1ccccc1. The first-order chi connectivity index (χ1) is 12.3. The third-order valence-corrected chi connectivity index (χ3v) is 5.28. The monoisotopic (exact) mass is 354 g/mol. The van der Waals surface area contributed by atoms with Crippen LogP contribution in [-0.4, -0.2) is 29.3 Å². The van der Waals surface area contributed by atoms with Gasteiger partial charge in [0.25, 0.3) is 0 Å². The zero-order valence-electron chi connectivity index (χ0n) is 15.3. The Bertz CT molecular complexity index is 807. The molecule has 5 heteroatoms. The van der Waals surface area contributed by atoms with Crippen molar-refractivity contribution in [2.45, 2.75) is 32.4 Å². The molecule has 1 aliphatic rings. The van der Waals surface area contributed by atoms with Crippen LogP contribution in [0.2, 0.25) is 0 Å². The van der Waals surface area contributed by atoms with Gasteiger partial charge >= 0.3 is 0 Å². The van der Waals surface area contributed by atoms with Crippen molar-refractivity contribution in [3.63, 3.8) is 0 Å². The van der Waals surface area contributed by atoms with Gasteiger partial charge in [0.15, 0.2) is 0 Å². The topological polar surface area (TPSA) is 40.6 Å². The van der Waals surface area contributed by atoms with Crippen LogP contribution in [0.1, 0.15) is 25.8 Å². The van der Waals surface area contributed by atoms with Crippen molar-refractivity contribution in [3.05, 3.63) is 66.0 Å². The van der Waals surface area contributed by atoms with Gasteiger partial charge < -0.3 is 4.90 Å². The number of carbonyl (C=O) groups excluding carboxylic acids is 2. The molecule has 136 valence electrons. The van der Waals surface area contributed by atoms with Gasteiger partial charge in [-0.1, -0.05) is 37.3 Å². The lowest BCUT2D eigenvalue weighted by molar-refractivity contribution is -0.137. The maximum atomic E-state index is 13.3. The van der Waals surface area contributed by atoms with Gasteiger partial charge in [0.05, 0.1) is 0 Å². The zero-order valence-corrected chi connectivity index (χ0v) is 15.3. The van der Waals surface area contributed by atoms with Crippen LogP contribution in [0, 0.1) is 11.7 Å². The minimum absolute atomic E-state index is 0.118. The third kappa shape index (κ3) is 3.09. The van der Waals surface area contributed by atoms with Crippen molar-refractivity contribution in [1.29, 1.82) is 0 Å². The van der Waals surface area contributed by atoms with E-state index in [0.29, 0.717) is 18.7 Å². The second-order valence-electron chi connectivity index (χ2n) is 7.11. The van der Waals surface area contributed by atoms with Gasteiger partial charge in [-0.15, -0.1) is 0 Å². The van der Waals surface area contributed by atoms with Crippen LogP contribution < -0.4 is 4.90 Å². The van der Waals surface area contributed by atoms with Gasteiger partial charge in [0, 0.05) is 25.7 Å². The molecule has 2 amide bonds. The van der Waals surface area contributed by atoms with E-state index in [2.05, 4.69) is 0 Å². The van der Waals surface area contributed by atoms with E-state index in [0.717, 1.165) is 5.56 Å². The summed E-state index contributed by atoms with van der Waals surface area (Å²) in [6.45, 7) is 4.18. The van der Waals surface area contributed by atoms with Gasteiger partial charge in [-0.3, -0.25) is 14.5 Å². The maximum absolute atomic E-state index is 13.3. The lowest BCUT2D eigenvalue weighted by atomic mass is 9.86. The largest absolute Gasteiger partial charge is 0.339 e. The summed E-state index contributed by atoms with van der Waals surface area (Å²) in [5, 5.41) is 0. The lowest BCUT2D eigenvalue weighted by Crippen LogP contribution is -2.57. The first-order valence-electron chi connectivity index (χ1n) is 8.72. The average molecular weight is 354 g/mol. The van der Waals surface area contributed by atoms with Gasteiger partial charge in [-0.05, 0) is 42.7 Å². The van der Waals surface area contributed by atoms with E-state index in [1.54, 1.807) is 31.0 Å². The molecule has 1 fully saturated rings. The van der Waals surface area contributed by atoms with Crippen molar-refractivity contribution in [2.24, 2.45) is 5.92 Å². The molecule has 3 rings (SSSR count). The molecule has 0 spiro atoms. The summed E-state index contributed by atoms with van der Waals surface area (Å²) >= 11 is 0. The molecular formula is C21H23FN2O2. The number of nitrogens with zero attached hydrogens (tertiary/aromatic N) is 2. The lowest BCUT2D eigenvalue weighted by Gasteiger charge is -2.39. The number of halogens is 1. The molecule has 2 aromatic rings. The minimum Gasteiger partial charge on any atom is -0.339 e. The van der Waals surface area contributed by atoms with Crippen molar-refractivity contribution >= 4 is 17.5 Å². The fourth-order valence-electron chi connectivity index (χ4n) is 3.66. The third-order valence-electron chi connectivity index (χ3n) is 5.28. The van der Waals surface area contributed by atoms with Gasteiger partial charge in [0.2, 0.25) is 11.8 Å². The Kier molecular flexibility index (Phi) is 4.81.